The topological polar surface area (TPSA) is 63.2 Å². The molecule has 0 aliphatic rings. The van der Waals surface area contributed by atoms with E-state index in [-0.39, 0.29) is 0 Å². The summed E-state index contributed by atoms with van der Waals surface area (Å²) in [6.45, 7) is 7.46. The van der Waals surface area contributed by atoms with Crippen molar-refractivity contribution in [2.24, 2.45) is 0 Å². The van der Waals surface area contributed by atoms with E-state index in [4.69, 9.17) is 23.7 Å². The first-order valence-electron chi connectivity index (χ1n) is 10.9. The van der Waals surface area contributed by atoms with Crippen LogP contribution in [0.1, 0.15) is 55.8 Å². The summed E-state index contributed by atoms with van der Waals surface area (Å²) in [4.78, 5) is 10.6. The monoisotopic (exact) mass is 410 g/mol. The van der Waals surface area contributed by atoms with Gasteiger partial charge in [-0.3, -0.25) is 4.79 Å². The molecule has 0 aliphatic carbocycles. The number of rotatable bonds is 21. The lowest BCUT2D eigenvalue weighted by molar-refractivity contribution is -0.00487. The van der Waals surface area contributed by atoms with Gasteiger partial charge in [0.15, 0.2) is 0 Å². The van der Waals surface area contributed by atoms with Gasteiger partial charge in [-0.1, -0.05) is 39.0 Å². The first kappa shape index (κ1) is 25.6. The van der Waals surface area contributed by atoms with Crippen LogP contribution in [-0.2, 0) is 18.9 Å². The van der Waals surface area contributed by atoms with E-state index in [1.165, 1.54) is 32.1 Å². The highest BCUT2D eigenvalue weighted by molar-refractivity contribution is 5.74. The molecule has 0 heterocycles. The molecule has 166 valence electrons. The molecule has 1 aromatic carbocycles. The predicted molar refractivity (Wildman–Crippen MR) is 114 cm³/mol. The standard InChI is InChI=1S/C23H38O6/c1-2-3-4-5-6-7-12-25-13-14-26-15-16-27-17-18-28-19-20-29-23-10-8-22(21-24)9-11-23/h8-11,21H,2-7,12-20H2,1H3. The second-order valence-electron chi connectivity index (χ2n) is 6.75. The third-order valence-electron chi connectivity index (χ3n) is 4.27. The zero-order chi connectivity index (χ0) is 20.8. The molecule has 0 aromatic heterocycles. The molecule has 0 saturated heterocycles. The summed E-state index contributed by atoms with van der Waals surface area (Å²) in [5, 5.41) is 0. The zero-order valence-corrected chi connectivity index (χ0v) is 17.9. The van der Waals surface area contributed by atoms with Crippen molar-refractivity contribution in [3.05, 3.63) is 29.8 Å². The van der Waals surface area contributed by atoms with Gasteiger partial charge < -0.3 is 23.7 Å². The lowest BCUT2D eigenvalue weighted by Gasteiger charge is -2.08. The van der Waals surface area contributed by atoms with Crippen LogP contribution in [0, 0.1) is 0 Å². The number of carbonyl (C=O) groups is 1. The minimum atomic E-state index is 0.461. The largest absolute Gasteiger partial charge is 0.491 e. The van der Waals surface area contributed by atoms with Crippen LogP contribution in [0.4, 0.5) is 0 Å². The Morgan fingerprint density at radius 2 is 1.10 bits per heavy atom. The summed E-state index contributed by atoms with van der Waals surface area (Å²) in [5.74, 6) is 0.726. The second kappa shape index (κ2) is 19.8. The van der Waals surface area contributed by atoms with Gasteiger partial charge in [0.05, 0.1) is 46.2 Å². The molecule has 1 rings (SSSR count). The van der Waals surface area contributed by atoms with Crippen LogP contribution in [-0.4, -0.2) is 65.7 Å². The van der Waals surface area contributed by atoms with E-state index >= 15 is 0 Å². The quantitative estimate of drug-likeness (QED) is 0.222. The average molecular weight is 411 g/mol. The van der Waals surface area contributed by atoms with Crippen LogP contribution in [0.2, 0.25) is 0 Å². The molecule has 0 unspecified atom stereocenters. The van der Waals surface area contributed by atoms with Gasteiger partial charge in [-0.05, 0) is 30.7 Å². The number of carbonyl (C=O) groups excluding carboxylic acids is 1. The highest BCUT2D eigenvalue weighted by atomic mass is 16.6. The van der Waals surface area contributed by atoms with E-state index in [1.54, 1.807) is 24.3 Å². The molecule has 0 atom stereocenters. The summed E-state index contributed by atoms with van der Waals surface area (Å²) in [5.41, 5.74) is 0.635. The summed E-state index contributed by atoms with van der Waals surface area (Å²) in [7, 11) is 0. The molecule has 0 saturated carbocycles. The number of hydrogen-bond acceptors (Lipinski definition) is 6. The molecule has 1 aromatic rings. The number of ether oxygens (including phenoxy) is 5. The normalized spacial score (nSPS) is 10.9. The van der Waals surface area contributed by atoms with Gasteiger partial charge in [0.1, 0.15) is 18.6 Å². The Balaban J connectivity index is 1.73. The smallest absolute Gasteiger partial charge is 0.150 e. The van der Waals surface area contributed by atoms with Gasteiger partial charge in [-0.2, -0.15) is 0 Å². The SMILES string of the molecule is CCCCCCCCOCCOCCOCCOCCOc1ccc(C=O)cc1. The molecule has 0 aliphatic heterocycles. The molecule has 6 heteroatoms. The predicted octanol–water partition coefficient (Wildman–Crippen LogP) is 4.30. The molecule has 6 nitrogen and oxygen atoms in total. The minimum absolute atomic E-state index is 0.461. The van der Waals surface area contributed by atoms with Crippen LogP contribution in [0.15, 0.2) is 24.3 Å². The van der Waals surface area contributed by atoms with Crippen molar-refractivity contribution < 1.29 is 28.5 Å². The Bertz CT molecular complexity index is 477. The van der Waals surface area contributed by atoms with E-state index in [0.717, 1.165) is 25.1 Å². The molecule has 29 heavy (non-hydrogen) atoms. The summed E-state index contributed by atoms with van der Waals surface area (Å²) in [6, 6.07) is 6.99. The van der Waals surface area contributed by atoms with E-state index in [9.17, 15) is 4.79 Å². The fourth-order valence-corrected chi connectivity index (χ4v) is 2.61. The number of unbranched alkanes of at least 4 members (excludes halogenated alkanes) is 5. The summed E-state index contributed by atoms with van der Waals surface area (Å²) >= 11 is 0. The van der Waals surface area contributed by atoms with Crippen molar-refractivity contribution in [3.8, 4) is 5.75 Å². The average Bonchev–Trinajstić information content (AvgIpc) is 2.75. The van der Waals surface area contributed by atoms with Crippen molar-refractivity contribution in [1.82, 2.24) is 0 Å². The Kier molecular flexibility index (Phi) is 17.5. The van der Waals surface area contributed by atoms with Crippen LogP contribution in [0.25, 0.3) is 0 Å². The van der Waals surface area contributed by atoms with Crippen molar-refractivity contribution in [2.75, 3.05) is 59.5 Å². The minimum Gasteiger partial charge on any atom is -0.491 e. The van der Waals surface area contributed by atoms with Crippen molar-refractivity contribution >= 4 is 6.29 Å². The second-order valence-corrected chi connectivity index (χ2v) is 6.75. The maximum absolute atomic E-state index is 10.6. The Labute approximate surface area is 175 Å². The van der Waals surface area contributed by atoms with Crippen molar-refractivity contribution in [2.45, 2.75) is 45.4 Å². The molecular formula is C23H38O6. The van der Waals surface area contributed by atoms with Crippen LogP contribution in [0.5, 0.6) is 5.75 Å². The first-order chi connectivity index (χ1) is 14.4. The molecule has 0 amide bonds. The van der Waals surface area contributed by atoms with Crippen LogP contribution in [0.3, 0.4) is 0 Å². The van der Waals surface area contributed by atoms with E-state index in [1.807, 2.05) is 0 Å². The highest BCUT2D eigenvalue weighted by Crippen LogP contribution is 2.10. The number of aldehydes is 1. The summed E-state index contributed by atoms with van der Waals surface area (Å²) in [6.07, 6.45) is 8.51. The number of benzene rings is 1. The van der Waals surface area contributed by atoms with E-state index in [0.29, 0.717) is 58.4 Å². The Morgan fingerprint density at radius 1 is 0.621 bits per heavy atom. The lowest BCUT2D eigenvalue weighted by Crippen LogP contribution is -2.13. The van der Waals surface area contributed by atoms with E-state index < -0.39 is 0 Å². The van der Waals surface area contributed by atoms with Gasteiger partial charge >= 0.3 is 0 Å². The van der Waals surface area contributed by atoms with E-state index in [2.05, 4.69) is 6.92 Å². The molecule has 0 spiro atoms. The van der Waals surface area contributed by atoms with Gasteiger partial charge in [0.2, 0.25) is 0 Å². The van der Waals surface area contributed by atoms with Crippen molar-refractivity contribution in [1.29, 1.82) is 0 Å². The number of hydrogen-bond donors (Lipinski definition) is 0. The zero-order valence-electron chi connectivity index (χ0n) is 17.9. The fraction of sp³-hybridized carbons (Fsp3) is 0.696. The molecular weight excluding hydrogens is 372 g/mol. The molecule has 0 fully saturated rings. The van der Waals surface area contributed by atoms with Crippen LogP contribution < -0.4 is 4.74 Å². The van der Waals surface area contributed by atoms with Gasteiger partial charge in [-0.15, -0.1) is 0 Å². The first-order valence-corrected chi connectivity index (χ1v) is 10.9. The Morgan fingerprint density at radius 3 is 1.66 bits per heavy atom. The van der Waals surface area contributed by atoms with Gasteiger partial charge in [0, 0.05) is 12.2 Å². The third kappa shape index (κ3) is 16.1. The maximum atomic E-state index is 10.6. The Hall–Kier alpha value is -1.47. The van der Waals surface area contributed by atoms with Gasteiger partial charge in [-0.25, -0.2) is 0 Å². The summed E-state index contributed by atoms with van der Waals surface area (Å²) < 4.78 is 27.4. The third-order valence-corrected chi connectivity index (χ3v) is 4.27. The molecule has 0 N–H and O–H groups in total. The van der Waals surface area contributed by atoms with Crippen LogP contribution >= 0.6 is 0 Å². The highest BCUT2D eigenvalue weighted by Gasteiger charge is 1.96. The van der Waals surface area contributed by atoms with Gasteiger partial charge in [0.25, 0.3) is 0 Å². The fourth-order valence-electron chi connectivity index (χ4n) is 2.61. The lowest BCUT2D eigenvalue weighted by atomic mass is 10.1. The maximum Gasteiger partial charge on any atom is 0.150 e. The molecule has 0 radical (unpaired) electrons. The van der Waals surface area contributed by atoms with Crippen molar-refractivity contribution in [3.63, 3.8) is 0 Å². The molecule has 0 bridgehead atoms.